The smallest absolute Gasteiger partial charge is 0.348 e. The number of hydrogen-bond donors (Lipinski definition) is 2. The summed E-state index contributed by atoms with van der Waals surface area (Å²) >= 11 is 1.22. The first-order valence-corrected chi connectivity index (χ1v) is 8.03. The van der Waals surface area contributed by atoms with Crippen LogP contribution >= 0.6 is 11.3 Å². The highest BCUT2D eigenvalue weighted by molar-refractivity contribution is 7.20. The average molecular weight is 337 g/mol. The van der Waals surface area contributed by atoms with E-state index in [0.29, 0.717) is 33.1 Å². The zero-order valence-corrected chi connectivity index (χ0v) is 14.2. The Kier molecular flexibility index (Phi) is 5.15. The summed E-state index contributed by atoms with van der Waals surface area (Å²) in [7, 11) is 0. The summed E-state index contributed by atoms with van der Waals surface area (Å²) in [6.45, 7) is 7.58. The second kappa shape index (κ2) is 6.91. The Morgan fingerprint density at radius 1 is 1.35 bits per heavy atom. The number of hydrogen-bond acceptors (Lipinski definition) is 7. The Morgan fingerprint density at radius 3 is 2.65 bits per heavy atom. The van der Waals surface area contributed by atoms with E-state index in [4.69, 9.17) is 9.84 Å². The highest BCUT2D eigenvalue weighted by Gasteiger charge is 2.22. The molecule has 0 fully saturated rings. The van der Waals surface area contributed by atoms with Crippen LogP contribution in [0.15, 0.2) is 6.33 Å². The fourth-order valence-corrected chi connectivity index (χ4v) is 2.99. The number of nitrogens with zero attached hydrogens (tertiary/aromatic N) is 2. The summed E-state index contributed by atoms with van der Waals surface area (Å²) in [5, 5.41) is 12.5. The number of ether oxygens (including phenoxy) is 1. The van der Waals surface area contributed by atoms with Crippen molar-refractivity contribution in [2.45, 2.75) is 33.7 Å². The maximum absolute atomic E-state index is 12.2. The molecule has 7 nitrogen and oxygen atoms in total. The van der Waals surface area contributed by atoms with E-state index in [9.17, 15) is 9.59 Å². The molecule has 2 rings (SSSR count). The van der Waals surface area contributed by atoms with E-state index >= 15 is 0 Å². The zero-order valence-electron chi connectivity index (χ0n) is 13.4. The molecule has 1 atom stereocenters. The summed E-state index contributed by atoms with van der Waals surface area (Å²) < 4.78 is 5.27. The van der Waals surface area contributed by atoms with Crippen molar-refractivity contribution in [2.24, 2.45) is 5.92 Å². The van der Waals surface area contributed by atoms with E-state index < -0.39 is 18.0 Å². The van der Waals surface area contributed by atoms with Crippen molar-refractivity contribution in [2.75, 3.05) is 11.9 Å². The summed E-state index contributed by atoms with van der Waals surface area (Å²) in [6.07, 6.45) is 1.35. The van der Waals surface area contributed by atoms with Gasteiger partial charge in [-0.15, -0.1) is 11.3 Å². The summed E-state index contributed by atoms with van der Waals surface area (Å²) in [5.74, 6) is -0.721. The third-order valence-electron chi connectivity index (χ3n) is 3.18. The van der Waals surface area contributed by atoms with E-state index in [2.05, 4.69) is 15.3 Å². The van der Waals surface area contributed by atoms with Gasteiger partial charge in [-0.1, -0.05) is 13.8 Å². The topological polar surface area (TPSA) is 101 Å². The minimum Gasteiger partial charge on any atom is -0.480 e. The number of aromatic nitrogens is 2. The van der Waals surface area contributed by atoms with Gasteiger partial charge in [0.2, 0.25) is 0 Å². The van der Waals surface area contributed by atoms with E-state index in [1.807, 2.05) is 13.8 Å². The largest absolute Gasteiger partial charge is 0.480 e. The van der Waals surface area contributed by atoms with E-state index in [1.54, 1.807) is 6.92 Å². The maximum Gasteiger partial charge on any atom is 0.348 e. The third kappa shape index (κ3) is 3.76. The number of carboxylic acid groups (broad SMARTS) is 1. The van der Waals surface area contributed by atoms with Crippen molar-refractivity contribution >= 4 is 39.3 Å². The molecular formula is C15H19N3O4S. The fourth-order valence-electron chi connectivity index (χ4n) is 1.95. The van der Waals surface area contributed by atoms with Crippen LogP contribution < -0.4 is 5.32 Å². The number of aryl methyl sites for hydroxylation is 1. The van der Waals surface area contributed by atoms with Crippen molar-refractivity contribution in [1.82, 2.24) is 9.97 Å². The minimum absolute atomic E-state index is 0.252. The van der Waals surface area contributed by atoms with Crippen molar-refractivity contribution < 1.29 is 19.4 Å². The number of rotatable bonds is 6. The predicted octanol–water partition coefficient (Wildman–Crippen LogP) is 2.70. The molecular weight excluding hydrogens is 318 g/mol. The first-order chi connectivity index (χ1) is 10.8. The van der Waals surface area contributed by atoms with Crippen LogP contribution in [0.2, 0.25) is 0 Å². The molecule has 0 aliphatic rings. The number of fused-ring (bicyclic) bond motifs is 1. The molecule has 0 saturated heterocycles. The molecule has 0 amide bonds. The Balaban J connectivity index is 2.38. The van der Waals surface area contributed by atoms with Crippen molar-refractivity contribution in [3.63, 3.8) is 0 Å². The van der Waals surface area contributed by atoms with Gasteiger partial charge in [0, 0.05) is 0 Å². The number of nitrogens with one attached hydrogen (secondary N) is 1. The van der Waals surface area contributed by atoms with Gasteiger partial charge in [-0.3, -0.25) is 4.79 Å². The standard InChI is InChI=1S/C15H19N3O4S/c1-7(2)5-22-15(21)11-8(3)10-12(18-9(4)14(19)20)16-6-17-13(10)23-11/h6-7,9H,5H2,1-4H3,(H,19,20)(H,16,17,18). The molecule has 2 aromatic rings. The molecule has 0 radical (unpaired) electrons. The molecule has 1 unspecified atom stereocenters. The summed E-state index contributed by atoms with van der Waals surface area (Å²) in [4.78, 5) is 32.6. The molecule has 0 spiro atoms. The van der Waals surface area contributed by atoms with Gasteiger partial charge in [0.1, 0.15) is 27.9 Å². The zero-order chi connectivity index (χ0) is 17.1. The van der Waals surface area contributed by atoms with Gasteiger partial charge in [-0.05, 0) is 25.3 Å². The number of aliphatic carboxylic acids is 1. The first kappa shape index (κ1) is 17.1. The van der Waals surface area contributed by atoms with Gasteiger partial charge in [0.25, 0.3) is 0 Å². The molecule has 0 aliphatic carbocycles. The van der Waals surface area contributed by atoms with Crippen LogP contribution in [0.1, 0.15) is 36.0 Å². The number of anilines is 1. The molecule has 8 heteroatoms. The number of carbonyl (C=O) groups is 2. The molecule has 124 valence electrons. The van der Waals surface area contributed by atoms with E-state index in [0.717, 1.165) is 0 Å². The van der Waals surface area contributed by atoms with Crippen LogP contribution in [0, 0.1) is 12.8 Å². The highest BCUT2D eigenvalue weighted by atomic mass is 32.1. The van der Waals surface area contributed by atoms with Crippen LogP contribution in [0.4, 0.5) is 5.82 Å². The lowest BCUT2D eigenvalue weighted by Crippen LogP contribution is -2.26. The molecule has 0 aliphatic heterocycles. The monoisotopic (exact) mass is 337 g/mol. The second-order valence-corrected chi connectivity index (χ2v) is 6.65. The van der Waals surface area contributed by atoms with Crippen molar-refractivity contribution in [3.8, 4) is 0 Å². The van der Waals surface area contributed by atoms with Gasteiger partial charge < -0.3 is 15.2 Å². The van der Waals surface area contributed by atoms with Gasteiger partial charge in [0.05, 0.1) is 12.0 Å². The Bertz CT molecular complexity index is 742. The quantitative estimate of drug-likeness (QED) is 0.781. The Morgan fingerprint density at radius 2 is 2.04 bits per heavy atom. The number of carbonyl (C=O) groups excluding carboxylic acids is 1. The highest BCUT2D eigenvalue weighted by Crippen LogP contribution is 2.33. The molecule has 0 aromatic carbocycles. The fraction of sp³-hybridized carbons (Fsp3) is 0.467. The van der Waals surface area contributed by atoms with Crippen LogP contribution in [-0.4, -0.2) is 39.7 Å². The van der Waals surface area contributed by atoms with Gasteiger partial charge in [-0.25, -0.2) is 14.8 Å². The van der Waals surface area contributed by atoms with Crippen LogP contribution in [-0.2, 0) is 9.53 Å². The number of esters is 1. The SMILES string of the molecule is Cc1c(C(=O)OCC(C)C)sc2ncnc(NC(C)C(=O)O)c12. The lowest BCUT2D eigenvalue weighted by atomic mass is 10.2. The number of carboxylic acids is 1. The predicted molar refractivity (Wildman–Crippen MR) is 88.0 cm³/mol. The van der Waals surface area contributed by atoms with Gasteiger partial charge in [0.15, 0.2) is 0 Å². The molecule has 2 heterocycles. The van der Waals surface area contributed by atoms with Crippen molar-refractivity contribution in [1.29, 1.82) is 0 Å². The van der Waals surface area contributed by atoms with Gasteiger partial charge >= 0.3 is 11.9 Å². The van der Waals surface area contributed by atoms with Crippen molar-refractivity contribution in [3.05, 3.63) is 16.8 Å². The Labute approximate surface area is 137 Å². The van der Waals surface area contributed by atoms with Gasteiger partial charge in [-0.2, -0.15) is 0 Å². The molecule has 0 saturated carbocycles. The van der Waals surface area contributed by atoms with E-state index in [1.165, 1.54) is 24.6 Å². The average Bonchev–Trinajstić information content (AvgIpc) is 2.83. The van der Waals surface area contributed by atoms with Crippen LogP contribution in [0.3, 0.4) is 0 Å². The van der Waals surface area contributed by atoms with Crippen LogP contribution in [0.5, 0.6) is 0 Å². The summed E-state index contributed by atoms with van der Waals surface area (Å²) in [5.41, 5.74) is 0.694. The van der Waals surface area contributed by atoms with E-state index in [-0.39, 0.29) is 5.92 Å². The maximum atomic E-state index is 12.2. The lowest BCUT2D eigenvalue weighted by Gasteiger charge is -2.11. The summed E-state index contributed by atoms with van der Waals surface area (Å²) in [6, 6.07) is -0.802. The minimum atomic E-state index is -0.985. The Hall–Kier alpha value is -2.22. The molecule has 23 heavy (non-hydrogen) atoms. The third-order valence-corrected chi connectivity index (χ3v) is 4.36. The molecule has 0 bridgehead atoms. The molecule has 2 N–H and O–H groups in total. The first-order valence-electron chi connectivity index (χ1n) is 7.21. The normalized spacial score (nSPS) is 12.4. The van der Waals surface area contributed by atoms with Crippen LogP contribution in [0.25, 0.3) is 10.2 Å². The molecule has 2 aromatic heterocycles. The lowest BCUT2D eigenvalue weighted by molar-refractivity contribution is -0.137. The number of thiophene rings is 1. The second-order valence-electron chi connectivity index (χ2n) is 5.66.